The van der Waals surface area contributed by atoms with Gasteiger partial charge in [0.25, 0.3) is 0 Å². The average molecular weight is 266 g/mol. The summed E-state index contributed by atoms with van der Waals surface area (Å²) >= 11 is 0. The molecule has 0 aliphatic heterocycles. The molecule has 1 unspecified atom stereocenters. The standard InChI is InChI=1S/C18H22N2/c1-19-18(13-17-10-2-3-11-20-17)16-9-5-8-15(12-16)14-6-4-7-14/h2-3,5,8-12,14,18-19H,4,6-7,13H2,1H3. The van der Waals surface area contributed by atoms with E-state index in [0.717, 1.165) is 18.0 Å². The van der Waals surface area contributed by atoms with E-state index in [1.54, 1.807) is 0 Å². The van der Waals surface area contributed by atoms with Crippen LogP contribution in [0.1, 0.15) is 48.0 Å². The lowest BCUT2D eigenvalue weighted by molar-refractivity contribution is 0.419. The lowest BCUT2D eigenvalue weighted by atomic mass is 9.79. The molecule has 1 saturated carbocycles. The first-order chi connectivity index (χ1) is 9.86. The number of likely N-dealkylation sites (N-methyl/N-ethyl adjacent to an activating group) is 1. The van der Waals surface area contributed by atoms with Gasteiger partial charge in [-0.3, -0.25) is 4.98 Å². The van der Waals surface area contributed by atoms with Crippen molar-refractivity contribution in [2.24, 2.45) is 0 Å². The molecule has 0 radical (unpaired) electrons. The fraction of sp³-hybridized carbons (Fsp3) is 0.389. The lowest BCUT2D eigenvalue weighted by Crippen LogP contribution is -2.20. The van der Waals surface area contributed by atoms with E-state index in [1.165, 1.54) is 30.4 Å². The largest absolute Gasteiger partial charge is 0.313 e. The van der Waals surface area contributed by atoms with E-state index >= 15 is 0 Å². The third-order valence-electron chi connectivity index (χ3n) is 4.38. The first-order valence-corrected chi connectivity index (χ1v) is 7.54. The number of nitrogens with one attached hydrogen (secondary N) is 1. The molecule has 1 aromatic heterocycles. The summed E-state index contributed by atoms with van der Waals surface area (Å²) in [5, 5.41) is 3.43. The Morgan fingerprint density at radius 2 is 2.10 bits per heavy atom. The van der Waals surface area contributed by atoms with Crippen LogP contribution in [-0.4, -0.2) is 12.0 Å². The van der Waals surface area contributed by atoms with Gasteiger partial charge in [-0.2, -0.15) is 0 Å². The molecule has 1 aromatic carbocycles. The molecule has 2 aromatic rings. The predicted molar refractivity (Wildman–Crippen MR) is 82.8 cm³/mol. The Morgan fingerprint density at radius 1 is 1.20 bits per heavy atom. The maximum atomic E-state index is 4.44. The maximum absolute atomic E-state index is 4.44. The Balaban J connectivity index is 1.78. The van der Waals surface area contributed by atoms with Crippen LogP contribution in [0.5, 0.6) is 0 Å². The van der Waals surface area contributed by atoms with Crippen LogP contribution < -0.4 is 5.32 Å². The van der Waals surface area contributed by atoms with Gasteiger partial charge in [0.1, 0.15) is 0 Å². The molecular weight excluding hydrogens is 244 g/mol. The number of hydrogen-bond acceptors (Lipinski definition) is 2. The summed E-state index contributed by atoms with van der Waals surface area (Å²) in [6, 6.07) is 15.5. The van der Waals surface area contributed by atoms with Crippen LogP contribution in [0.15, 0.2) is 48.7 Å². The Kier molecular flexibility index (Phi) is 4.12. The van der Waals surface area contributed by atoms with Gasteiger partial charge in [-0.15, -0.1) is 0 Å². The summed E-state index contributed by atoms with van der Waals surface area (Å²) < 4.78 is 0. The molecule has 20 heavy (non-hydrogen) atoms. The quantitative estimate of drug-likeness (QED) is 0.889. The minimum atomic E-state index is 0.338. The van der Waals surface area contributed by atoms with Gasteiger partial charge in [0.2, 0.25) is 0 Å². The van der Waals surface area contributed by atoms with Gasteiger partial charge in [0.05, 0.1) is 0 Å². The lowest BCUT2D eigenvalue weighted by Gasteiger charge is -2.27. The van der Waals surface area contributed by atoms with Crippen molar-refractivity contribution >= 4 is 0 Å². The zero-order chi connectivity index (χ0) is 13.8. The molecule has 1 N–H and O–H groups in total. The first kappa shape index (κ1) is 13.3. The van der Waals surface area contributed by atoms with Crippen LogP contribution in [0.4, 0.5) is 0 Å². The van der Waals surface area contributed by atoms with E-state index in [9.17, 15) is 0 Å². The van der Waals surface area contributed by atoms with Crippen molar-refractivity contribution < 1.29 is 0 Å². The molecule has 1 heterocycles. The van der Waals surface area contributed by atoms with E-state index in [1.807, 2.05) is 19.3 Å². The first-order valence-electron chi connectivity index (χ1n) is 7.54. The van der Waals surface area contributed by atoms with Gasteiger partial charge in [0, 0.05) is 24.4 Å². The normalized spacial score (nSPS) is 16.6. The summed E-state index contributed by atoms with van der Waals surface area (Å²) in [6.45, 7) is 0. The molecular formula is C18H22N2. The second-order valence-corrected chi connectivity index (χ2v) is 5.66. The smallest absolute Gasteiger partial charge is 0.0422 e. The Hall–Kier alpha value is -1.67. The molecule has 0 amide bonds. The minimum absolute atomic E-state index is 0.338. The van der Waals surface area contributed by atoms with E-state index in [0.29, 0.717) is 6.04 Å². The van der Waals surface area contributed by atoms with Crippen molar-refractivity contribution in [3.63, 3.8) is 0 Å². The van der Waals surface area contributed by atoms with Crippen LogP contribution in [0.3, 0.4) is 0 Å². The molecule has 3 rings (SSSR count). The van der Waals surface area contributed by atoms with Crippen molar-refractivity contribution in [2.45, 2.75) is 37.6 Å². The Bertz CT molecular complexity index is 546. The number of rotatable bonds is 5. The van der Waals surface area contributed by atoms with Crippen molar-refractivity contribution in [3.05, 3.63) is 65.5 Å². The Morgan fingerprint density at radius 3 is 2.75 bits per heavy atom. The summed E-state index contributed by atoms with van der Waals surface area (Å²) in [5.41, 5.74) is 4.03. The predicted octanol–water partition coefficient (Wildman–Crippen LogP) is 3.85. The molecule has 0 spiro atoms. The van der Waals surface area contributed by atoms with E-state index in [4.69, 9.17) is 0 Å². The molecule has 2 nitrogen and oxygen atoms in total. The highest BCUT2D eigenvalue weighted by Crippen LogP contribution is 2.37. The number of pyridine rings is 1. The van der Waals surface area contributed by atoms with E-state index in [-0.39, 0.29) is 0 Å². The van der Waals surface area contributed by atoms with Crippen LogP contribution in [0.25, 0.3) is 0 Å². The average Bonchev–Trinajstić information content (AvgIpc) is 2.44. The van der Waals surface area contributed by atoms with Gasteiger partial charge >= 0.3 is 0 Å². The summed E-state index contributed by atoms with van der Waals surface area (Å²) in [4.78, 5) is 4.44. The summed E-state index contributed by atoms with van der Waals surface area (Å²) in [7, 11) is 2.03. The number of nitrogens with zero attached hydrogens (tertiary/aromatic N) is 1. The van der Waals surface area contributed by atoms with Crippen molar-refractivity contribution in [1.29, 1.82) is 0 Å². The molecule has 0 saturated heterocycles. The molecule has 2 heteroatoms. The van der Waals surface area contributed by atoms with Crippen molar-refractivity contribution in [2.75, 3.05) is 7.05 Å². The number of hydrogen-bond donors (Lipinski definition) is 1. The number of benzene rings is 1. The highest BCUT2D eigenvalue weighted by molar-refractivity contribution is 5.30. The monoisotopic (exact) mass is 266 g/mol. The van der Waals surface area contributed by atoms with Gasteiger partial charge in [-0.25, -0.2) is 0 Å². The second kappa shape index (κ2) is 6.19. The topological polar surface area (TPSA) is 24.9 Å². The van der Waals surface area contributed by atoms with Crippen LogP contribution >= 0.6 is 0 Å². The van der Waals surface area contributed by atoms with Crippen LogP contribution in [0.2, 0.25) is 0 Å². The maximum Gasteiger partial charge on any atom is 0.0422 e. The zero-order valence-corrected chi connectivity index (χ0v) is 12.0. The second-order valence-electron chi connectivity index (χ2n) is 5.66. The number of aromatic nitrogens is 1. The Labute approximate surface area is 121 Å². The molecule has 1 aliphatic carbocycles. The van der Waals surface area contributed by atoms with E-state index < -0.39 is 0 Å². The summed E-state index contributed by atoms with van der Waals surface area (Å²) in [6.07, 6.45) is 6.90. The molecule has 0 bridgehead atoms. The van der Waals surface area contributed by atoms with Gasteiger partial charge in [-0.1, -0.05) is 36.8 Å². The third-order valence-corrected chi connectivity index (χ3v) is 4.38. The minimum Gasteiger partial charge on any atom is -0.313 e. The highest BCUT2D eigenvalue weighted by Gasteiger charge is 2.20. The van der Waals surface area contributed by atoms with E-state index in [2.05, 4.69) is 46.7 Å². The summed E-state index contributed by atoms with van der Waals surface area (Å²) in [5.74, 6) is 0.794. The van der Waals surface area contributed by atoms with Crippen LogP contribution in [0, 0.1) is 0 Å². The van der Waals surface area contributed by atoms with Crippen LogP contribution in [-0.2, 0) is 6.42 Å². The molecule has 1 atom stereocenters. The fourth-order valence-corrected chi connectivity index (χ4v) is 2.89. The van der Waals surface area contributed by atoms with Crippen molar-refractivity contribution in [1.82, 2.24) is 10.3 Å². The van der Waals surface area contributed by atoms with Gasteiger partial charge in [-0.05, 0) is 49.1 Å². The zero-order valence-electron chi connectivity index (χ0n) is 12.0. The van der Waals surface area contributed by atoms with Crippen molar-refractivity contribution in [3.8, 4) is 0 Å². The SMILES string of the molecule is CNC(Cc1ccccn1)c1cccc(C2CCC2)c1. The molecule has 104 valence electrons. The fourth-order valence-electron chi connectivity index (χ4n) is 2.89. The molecule has 1 fully saturated rings. The third kappa shape index (κ3) is 2.91. The van der Waals surface area contributed by atoms with Gasteiger partial charge < -0.3 is 5.32 Å². The van der Waals surface area contributed by atoms with Gasteiger partial charge in [0.15, 0.2) is 0 Å². The molecule has 1 aliphatic rings. The highest BCUT2D eigenvalue weighted by atomic mass is 14.9.